The van der Waals surface area contributed by atoms with Gasteiger partial charge in [-0.3, -0.25) is 4.99 Å². The third kappa shape index (κ3) is 5.03. The number of rotatable bonds is 4. The van der Waals surface area contributed by atoms with Crippen LogP contribution in [-0.4, -0.2) is 25.7 Å². The molecule has 140 valence electrons. The zero-order chi connectivity index (χ0) is 17.9. The molecule has 2 aromatic rings. The van der Waals surface area contributed by atoms with Crippen LogP contribution in [0.4, 0.5) is 5.69 Å². The molecule has 2 aromatic carbocycles. The molecule has 0 unspecified atom stereocenters. The summed E-state index contributed by atoms with van der Waals surface area (Å²) in [7, 11) is 0. The molecule has 3 N–H and O–H groups in total. The Bertz CT molecular complexity index is 790. The molecule has 5 nitrogen and oxygen atoms in total. The smallest absolute Gasteiger partial charge is 0.193 e. The molecule has 0 aromatic heterocycles. The first-order chi connectivity index (χ1) is 11.9. The fourth-order valence-corrected chi connectivity index (χ4v) is 2.75. The summed E-state index contributed by atoms with van der Waals surface area (Å²) in [5.74, 6) is 2.01. The number of ether oxygens (including phenoxy) is 2. The van der Waals surface area contributed by atoms with E-state index in [1.807, 2.05) is 43.3 Å². The van der Waals surface area contributed by atoms with Gasteiger partial charge in [0.15, 0.2) is 17.5 Å². The van der Waals surface area contributed by atoms with Crippen LogP contribution in [0.1, 0.15) is 25.0 Å². The lowest BCUT2D eigenvalue weighted by Gasteiger charge is -2.26. The highest BCUT2D eigenvalue weighted by molar-refractivity contribution is 14.0. The van der Waals surface area contributed by atoms with Crippen LogP contribution < -0.4 is 20.5 Å². The number of hydrogen-bond acceptors (Lipinski definition) is 3. The Labute approximate surface area is 172 Å². The Morgan fingerprint density at radius 3 is 2.58 bits per heavy atom. The molecule has 0 amide bonds. The molecule has 3 rings (SSSR count). The van der Waals surface area contributed by atoms with E-state index >= 15 is 0 Å². The molecular weight excluding hydrogens is 441 g/mol. The predicted molar refractivity (Wildman–Crippen MR) is 117 cm³/mol. The van der Waals surface area contributed by atoms with Gasteiger partial charge in [-0.1, -0.05) is 32.0 Å². The van der Waals surface area contributed by atoms with Crippen LogP contribution in [0.2, 0.25) is 0 Å². The fourth-order valence-electron chi connectivity index (χ4n) is 2.75. The molecular formula is C20H26IN3O2. The zero-order valence-electron chi connectivity index (χ0n) is 15.4. The SMILES string of the molecule is Cc1cccc(NC(N)=NCC(C)(C)c2ccc3c(c2)OCCO3)c1.I. The first-order valence-electron chi connectivity index (χ1n) is 8.48. The highest BCUT2D eigenvalue weighted by Crippen LogP contribution is 2.35. The van der Waals surface area contributed by atoms with Crippen LogP contribution in [0.25, 0.3) is 0 Å². The highest BCUT2D eigenvalue weighted by atomic mass is 127. The van der Waals surface area contributed by atoms with E-state index < -0.39 is 0 Å². The summed E-state index contributed by atoms with van der Waals surface area (Å²) in [5.41, 5.74) is 9.14. The van der Waals surface area contributed by atoms with Gasteiger partial charge in [-0.25, -0.2) is 0 Å². The van der Waals surface area contributed by atoms with Crippen LogP contribution >= 0.6 is 24.0 Å². The number of aliphatic imine (C=N–C) groups is 1. The van der Waals surface area contributed by atoms with Gasteiger partial charge in [0.1, 0.15) is 13.2 Å². The standard InChI is InChI=1S/C20H25N3O2.HI/c1-14-5-4-6-16(11-14)23-19(21)22-13-20(2,3)15-7-8-17-18(12-15)25-10-9-24-17;/h4-8,11-12H,9-10,13H2,1-3H3,(H3,21,22,23);1H. The average Bonchev–Trinajstić information content (AvgIpc) is 2.60. The minimum atomic E-state index is -0.172. The maximum atomic E-state index is 6.05. The molecule has 0 saturated heterocycles. The number of nitrogens with two attached hydrogens (primary N) is 1. The van der Waals surface area contributed by atoms with Crippen LogP contribution in [0.15, 0.2) is 47.5 Å². The first-order valence-corrected chi connectivity index (χ1v) is 8.48. The molecule has 0 saturated carbocycles. The number of benzene rings is 2. The third-order valence-electron chi connectivity index (χ3n) is 4.26. The summed E-state index contributed by atoms with van der Waals surface area (Å²) in [6, 6.07) is 14.1. The van der Waals surface area contributed by atoms with Gasteiger partial charge >= 0.3 is 0 Å². The van der Waals surface area contributed by atoms with Crippen molar-refractivity contribution in [2.75, 3.05) is 25.1 Å². The summed E-state index contributed by atoms with van der Waals surface area (Å²) < 4.78 is 11.3. The Balaban J connectivity index is 0.00000243. The third-order valence-corrected chi connectivity index (χ3v) is 4.26. The van der Waals surface area contributed by atoms with Crippen LogP contribution in [-0.2, 0) is 5.41 Å². The molecule has 1 aliphatic rings. The maximum Gasteiger partial charge on any atom is 0.193 e. The molecule has 26 heavy (non-hydrogen) atoms. The first kappa shape index (κ1) is 20.4. The van der Waals surface area contributed by atoms with Crippen molar-refractivity contribution in [2.24, 2.45) is 10.7 Å². The van der Waals surface area contributed by atoms with E-state index in [-0.39, 0.29) is 29.4 Å². The van der Waals surface area contributed by atoms with Crippen molar-refractivity contribution in [3.8, 4) is 11.5 Å². The summed E-state index contributed by atoms with van der Waals surface area (Å²) in [4.78, 5) is 4.52. The van der Waals surface area contributed by atoms with Crippen molar-refractivity contribution < 1.29 is 9.47 Å². The van der Waals surface area contributed by atoms with Crippen molar-refractivity contribution in [2.45, 2.75) is 26.2 Å². The van der Waals surface area contributed by atoms with Crippen molar-refractivity contribution in [1.29, 1.82) is 0 Å². The lowest BCUT2D eigenvalue weighted by atomic mass is 9.84. The lowest BCUT2D eigenvalue weighted by Crippen LogP contribution is -2.28. The quantitative estimate of drug-likeness (QED) is 0.404. The number of hydrogen-bond donors (Lipinski definition) is 2. The van der Waals surface area contributed by atoms with Crippen molar-refractivity contribution in [3.63, 3.8) is 0 Å². The molecule has 0 fully saturated rings. The highest BCUT2D eigenvalue weighted by Gasteiger charge is 2.23. The number of anilines is 1. The molecule has 0 bridgehead atoms. The molecule has 0 atom stereocenters. The largest absolute Gasteiger partial charge is 0.486 e. The van der Waals surface area contributed by atoms with Gasteiger partial charge < -0.3 is 20.5 Å². The molecule has 0 radical (unpaired) electrons. The minimum absolute atomic E-state index is 0. The predicted octanol–water partition coefficient (Wildman–Crippen LogP) is 4.09. The van der Waals surface area contributed by atoms with E-state index in [0.29, 0.717) is 25.7 Å². The summed E-state index contributed by atoms with van der Waals surface area (Å²) >= 11 is 0. The van der Waals surface area contributed by atoms with E-state index in [4.69, 9.17) is 15.2 Å². The topological polar surface area (TPSA) is 68.9 Å². The Hall–Kier alpha value is -1.96. The van der Waals surface area contributed by atoms with E-state index in [1.165, 1.54) is 5.56 Å². The van der Waals surface area contributed by atoms with Crippen molar-refractivity contribution >= 4 is 35.6 Å². The van der Waals surface area contributed by atoms with Gasteiger partial charge in [0.05, 0.1) is 6.54 Å². The van der Waals surface area contributed by atoms with Crippen LogP contribution in [0.3, 0.4) is 0 Å². The second-order valence-electron chi connectivity index (χ2n) is 6.94. The van der Waals surface area contributed by atoms with Gasteiger partial charge in [0.25, 0.3) is 0 Å². The Kier molecular flexibility index (Phi) is 6.75. The van der Waals surface area contributed by atoms with Gasteiger partial charge in [-0.05, 0) is 42.3 Å². The maximum absolute atomic E-state index is 6.05. The monoisotopic (exact) mass is 467 g/mol. The molecule has 1 aliphatic heterocycles. The normalized spacial score (nSPS) is 13.7. The molecule has 1 heterocycles. The number of nitrogens with one attached hydrogen (secondary N) is 1. The van der Waals surface area contributed by atoms with E-state index in [1.54, 1.807) is 0 Å². The minimum Gasteiger partial charge on any atom is -0.486 e. The van der Waals surface area contributed by atoms with Crippen molar-refractivity contribution in [1.82, 2.24) is 0 Å². The van der Waals surface area contributed by atoms with Crippen LogP contribution in [0.5, 0.6) is 11.5 Å². The second-order valence-corrected chi connectivity index (χ2v) is 6.94. The number of halogens is 1. The van der Waals surface area contributed by atoms with Gasteiger partial charge in [-0.15, -0.1) is 24.0 Å². The number of nitrogens with zero attached hydrogens (tertiary/aromatic N) is 1. The van der Waals surface area contributed by atoms with E-state index in [2.05, 4.69) is 30.2 Å². The zero-order valence-corrected chi connectivity index (χ0v) is 17.7. The van der Waals surface area contributed by atoms with E-state index in [0.717, 1.165) is 22.7 Å². The van der Waals surface area contributed by atoms with Crippen LogP contribution in [0, 0.1) is 6.92 Å². The van der Waals surface area contributed by atoms with Gasteiger partial charge in [-0.2, -0.15) is 0 Å². The Morgan fingerprint density at radius 2 is 1.85 bits per heavy atom. The van der Waals surface area contributed by atoms with Gasteiger partial charge in [0.2, 0.25) is 0 Å². The molecule has 0 spiro atoms. The molecule has 6 heteroatoms. The molecule has 0 aliphatic carbocycles. The number of fused-ring (bicyclic) bond motifs is 1. The summed E-state index contributed by atoms with van der Waals surface area (Å²) in [6.45, 7) is 8.08. The van der Waals surface area contributed by atoms with Crippen molar-refractivity contribution in [3.05, 3.63) is 53.6 Å². The lowest BCUT2D eigenvalue weighted by molar-refractivity contribution is 0.171. The number of aryl methyl sites for hydroxylation is 1. The summed E-state index contributed by atoms with van der Waals surface area (Å²) in [6.07, 6.45) is 0. The van der Waals surface area contributed by atoms with E-state index in [9.17, 15) is 0 Å². The summed E-state index contributed by atoms with van der Waals surface area (Å²) in [5, 5.41) is 3.14. The Morgan fingerprint density at radius 1 is 1.12 bits per heavy atom. The second kappa shape index (κ2) is 8.62. The number of guanidine groups is 1. The van der Waals surface area contributed by atoms with Gasteiger partial charge in [0, 0.05) is 11.1 Å². The average molecular weight is 467 g/mol. The fraction of sp³-hybridized carbons (Fsp3) is 0.350.